The molecule has 1 atom stereocenters. The number of nitrogens with zero attached hydrogens (tertiary/aromatic N) is 3. The van der Waals surface area contributed by atoms with Gasteiger partial charge in [-0.2, -0.15) is 0 Å². The first-order valence-electron chi connectivity index (χ1n) is 6.90. The molecule has 7 nitrogen and oxygen atoms in total. The summed E-state index contributed by atoms with van der Waals surface area (Å²) in [6, 6.07) is 0. The van der Waals surface area contributed by atoms with Crippen LogP contribution in [-0.2, 0) is 9.09 Å². The second-order valence-electron chi connectivity index (χ2n) is 5.04. The minimum Gasteiger partial charge on any atom is -0.302 e. The maximum absolute atomic E-state index is 12.7. The largest absolute Gasteiger partial charge is 0.346 e. The molecule has 0 saturated carbocycles. The zero-order valence-electron chi connectivity index (χ0n) is 12.1. The topological polar surface area (TPSA) is 75.5 Å². The molecular weight excluding hydrogens is 293 g/mol. The third-order valence-electron chi connectivity index (χ3n) is 3.14. The summed E-state index contributed by atoms with van der Waals surface area (Å²) in [7, 11) is -2.82. The van der Waals surface area contributed by atoms with Crippen molar-refractivity contribution >= 4 is 7.67 Å². The third-order valence-corrected chi connectivity index (χ3v) is 6.00. The monoisotopic (exact) mass is 313 g/mol. The van der Waals surface area contributed by atoms with Crippen LogP contribution in [0.1, 0.15) is 13.3 Å². The Morgan fingerprint density at radius 3 is 2.43 bits per heavy atom. The van der Waals surface area contributed by atoms with Crippen LogP contribution >= 0.6 is 7.67 Å². The Morgan fingerprint density at radius 1 is 1.43 bits per heavy atom. The van der Waals surface area contributed by atoms with Gasteiger partial charge in [0, 0.05) is 38.3 Å². The first-order valence-corrected chi connectivity index (χ1v) is 8.43. The van der Waals surface area contributed by atoms with Crippen LogP contribution in [-0.4, -0.2) is 46.5 Å². The lowest BCUT2D eigenvalue weighted by molar-refractivity contribution is -0.419. The lowest BCUT2D eigenvalue weighted by Crippen LogP contribution is -2.14. The van der Waals surface area contributed by atoms with E-state index in [1.165, 1.54) is 18.2 Å². The summed E-state index contributed by atoms with van der Waals surface area (Å²) in [5.41, 5.74) is -0.0303. The smallest absolute Gasteiger partial charge is 0.302 e. The predicted molar refractivity (Wildman–Crippen MR) is 80.3 cm³/mol. The third kappa shape index (κ3) is 4.35. The van der Waals surface area contributed by atoms with Gasteiger partial charge in [0.2, 0.25) is 0 Å². The van der Waals surface area contributed by atoms with Gasteiger partial charge in [0.25, 0.3) is 5.70 Å². The van der Waals surface area contributed by atoms with Crippen molar-refractivity contribution in [3.05, 3.63) is 46.7 Å². The van der Waals surface area contributed by atoms with E-state index in [-0.39, 0.29) is 11.8 Å². The van der Waals surface area contributed by atoms with Crippen molar-refractivity contribution in [3.63, 3.8) is 0 Å². The van der Waals surface area contributed by atoms with E-state index in [4.69, 9.17) is 4.52 Å². The molecule has 0 bridgehead atoms. The average Bonchev–Trinajstić information content (AvgIpc) is 3.30. The molecule has 2 aliphatic heterocycles. The van der Waals surface area contributed by atoms with Crippen molar-refractivity contribution in [2.45, 2.75) is 19.4 Å². The Labute approximate surface area is 124 Å². The molecule has 0 radical (unpaired) electrons. The minimum absolute atomic E-state index is 0.0303. The molecule has 8 heteroatoms. The first kappa shape index (κ1) is 16.1. The lowest BCUT2D eigenvalue weighted by atomic mass is 10.2. The summed E-state index contributed by atoms with van der Waals surface area (Å²) >= 11 is 0. The highest BCUT2D eigenvalue weighted by atomic mass is 31.2. The predicted octanol–water partition coefficient (Wildman–Crippen LogP) is 2.42. The summed E-state index contributed by atoms with van der Waals surface area (Å²) in [5, 5.41) is 10.7. The second-order valence-corrected chi connectivity index (χ2v) is 7.36. The normalized spacial score (nSPS) is 21.5. The van der Waals surface area contributed by atoms with Crippen LogP contribution in [0, 0.1) is 10.1 Å². The molecule has 1 unspecified atom stereocenters. The van der Waals surface area contributed by atoms with E-state index in [9.17, 15) is 14.7 Å². The average molecular weight is 313 g/mol. The number of nitro groups is 1. The van der Waals surface area contributed by atoms with Gasteiger partial charge >= 0.3 is 7.67 Å². The van der Waals surface area contributed by atoms with Gasteiger partial charge in [-0.25, -0.2) is 9.34 Å². The molecule has 2 aliphatic rings. The molecule has 2 heterocycles. The van der Waals surface area contributed by atoms with Crippen molar-refractivity contribution in [1.82, 2.24) is 9.34 Å². The molecule has 0 spiro atoms. The van der Waals surface area contributed by atoms with Crippen LogP contribution in [0.25, 0.3) is 0 Å². The molecule has 2 rings (SSSR count). The van der Waals surface area contributed by atoms with Crippen molar-refractivity contribution in [2.75, 3.05) is 26.2 Å². The fourth-order valence-corrected chi connectivity index (χ4v) is 4.23. The van der Waals surface area contributed by atoms with Crippen LogP contribution < -0.4 is 0 Å². The molecule has 0 N–H and O–H groups in total. The van der Waals surface area contributed by atoms with Crippen LogP contribution in [0.3, 0.4) is 0 Å². The van der Waals surface area contributed by atoms with Gasteiger partial charge in [-0.15, -0.1) is 0 Å². The Hall–Kier alpha value is -1.27. The molecule has 2 saturated heterocycles. The van der Waals surface area contributed by atoms with E-state index in [0.717, 1.165) is 26.2 Å². The molecule has 0 aromatic rings. The molecule has 0 aromatic carbocycles. The zero-order valence-corrected chi connectivity index (χ0v) is 12.9. The SMILES string of the molecule is C=C/C=C(\C=C/CC(C)OP(=O)(N1CC1)N1CC1)[N+](=O)[O-]. The van der Waals surface area contributed by atoms with Gasteiger partial charge < -0.3 is 4.52 Å². The minimum atomic E-state index is -2.82. The maximum atomic E-state index is 12.7. The first-order chi connectivity index (χ1) is 9.97. The Kier molecular flexibility index (Phi) is 5.11. The number of rotatable bonds is 9. The van der Waals surface area contributed by atoms with Crippen molar-refractivity contribution in [1.29, 1.82) is 0 Å². The standard InChI is InChI=1S/C13H20N3O4P/c1-3-5-13(16(17)18)7-4-6-12(2)20-21(19,14-8-9-14)15-10-11-15/h3-5,7,12H,1,6,8-11H2,2H3/b7-4-,13-5+. The van der Waals surface area contributed by atoms with Gasteiger partial charge in [0.15, 0.2) is 0 Å². The van der Waals surface area contributed by atoms with Crippen LogP contribution in [0.2, 0.25) is 0 Å². The molecule has 21 heavy (non-hydrogen) atoms. The molecule has 0 aromatic heterocycles. The molecular formula is C13H20N3O4P. The van der Waals surface area contributed by atoms with Crippen molar-refractivity contribution in [2.24, 2.45) is 0 Å². The quantitative estimate of drug-likeness (QED) is 0.214. The van der Waals surface area contributed by atoms with Gasteiger partial charge in [-0.3, -0.25) is 14.7 Å². The van der Waals surface area contributed by atoms with E-state index >= 15 is 0 Å². The summed E-state index contributed by atoms with van der Waals surface area (Å²) in [5.74, 6) is 0. The van der Waals surface area contributed by atoms with E-state index in [2.05, 4.69) is 6.58 Å². The van der Waals surface area contributed by atoms with E-state index in [1.807, 2.05) is 16.3 Å². The molecule has 2 fully saturated rings. The zero-order chi connectivity index (χ0) is 15.5. The number of hydrogen-bond acceptors (Lipinski definition) is 4. The second kappa shape index (κ2) is 6.66. The van der Waals surface area contributed by atoms with Crippen LogP contribution in [0.4, 0.5) is 0 Å². The molecule has 0 aliphatic carbocycles. The molecule has 0 amide bonds. The van der Waals surface area contributed by atoms with Gasteiger partial charge in [0.1, 0.15) is 0 Å². The summed E-state index contributed by atoms with van der Waals surface area (Å²) in [4.78, 5) is 10.3. The van der Waals surface area contributed by atoms with E-state index in [1.54, 1.807) is 6.08 Å². The highest BCUT2D eigenvalue weighted by Crippen LogP contribution is 2.61. The lowest BCUT2D eigenvalue weighted by Gasteiger charge is -2.23. The van der Waals surface area contributed by atoms with E-state index in [0.29, 0.717) is 6.42 Å². The van der Waals surface area contributed by atoms with Gasteiger partial charge in [-0.1, -0.05) is 18.7 Å². The molecule has 116 valence electrons. The van der Waals surface area contributed by atoms with E-state index < -0.39 is 12.6 Å². The maximum Gasteiger partial charge on any atom is 0.346 e. The highest BCUT2D eigenvalue weighted by Gasteiger charge is 2.49. The fraction of sp³-hybridized carbons (Fsp3) is 0.538. The Bertz CT molecular complexity index is 508. The van der Waals surface area contributed by atoms with Crippen molar-refractivity contribution < 1.29 is 14.0 Å². The van der Waals surface area contributed by atoms with Gasteiger partial charge in [-0.05, 0) is 13.3 Å². The fourth-order valence-electron chi connectivity index (χ4n) is 1.86. The summed E-state index contributed by atoms with van der Waals surface area (Å²) in [6.45, 7) is 8.50. The number of allylic oxidation sites excluding steroid dienone is 3. The van der Waals surface area contributed by atoms with Crippen molar-refractivity contribution in [3.8, 4) is 0 Å². The van der Waals surface area contributed by atoms with Crippen LogP contribution in [0.15, 0.2) is 36.6 Å². The highest BCUT2D eigenvalue weighted by molar-refractivity contribution is 7.54. The van der Waals surface area contributed by atoms with Gasteiger partial charge in [0.05, 0.1) is 11.0 Å². The Morgan fingerprint density at radius 2 is 2.00 bits per heavy atom. The van der Waals surface area contributed by atoms with Crippen LogP contribution in [0.5, 0.6) is 0 Å². The summed E-state index contributed by atoms with van der Waals surface area (Å²) < 4.78 is 22.2. The summed E-state index contributed by atoms with van der Waals surface area (Å²) in [6.07, 6.45) is 5.99. The number of hydrogen-bond donors (Lipinski definition) is 0. The Balaban J connectivity index is 1.88.